The molecule has 1 N–H and O–H groups in total. The minimum absolute atomic E-state index is 0.0127. The molecule has 5 heteroatoms. The van der Waals surface area contributed by atoms with Crippen molar-refractivity contribution in [2.75, 3.05) is 20.3 Å². The van der Waals surface area contributed by atoms with Crippen molar-refractivity contribution in [3.8, 4) is 0 Å². The smallest absolute Gasteiger partial charge is 0.328 e. The SMILES string of the molecule is COC(=O)[C@H](NC(=O)[C@H]1CCOC1)C(C)C. The Kier molecular flexibility index (Phi) is 4.73. The van der Waals surface area contributed by atoms with E-state index in [-0.39, 0.29) is 17.7 Å². The number of carbonyl (C=O) groups excluding carboxylic acids is 2. The van der Waals surface area contributed by atoms with Gasteiger partial charge in [0.15, 0.2) is 0 Å². The maximum absolute atomic E-state index is 11.8. The predicted molar refractivity (Wildman–Crippen MR) is 57.7 cm³/mol. The molecule has 1 amide bonds. The van der Waals surface area contributed by atoms with E-state index in [1.165, 1.54) is 7.11 Å². The van der Waals surface area contributed by atoms with E-state index in [1.807, 2.05) is 13.8 Å². The van der Waals surface area contributed by atoms with Crippen LogP contribution < -0.4 is 5.32 Å². The summed E-state index contributed by atoms with van der Waals surface area (Å²) in [7, 11) is 1.32. The van der Waals surface area contributed by atoms with Crippen LogP contribution >= 0.6 is 0 Å². The molecule has 92 valence electrons. The Balaban J connectivity index is 2.53. The summed E-state index contributed by atoms with van der Waals surface area (Å²) in [6, 6.07) is -0.571. The first-order valence-corrected chi connectivity index (χ1v) is 5.52. The molecule has 1 aliphatic heterocycles. The Morgan fingerprint density at radius 3 is 2.56 bits per heavy atom. The molecule has 0 radical (unpaired) electrons. The Morgan fingerprint density at radius 2 is 2.12 bits per heavy atom. The van der Waals surface area contributed by atoms with Crippen molar-refractivity contribution < 1.29 is 19.1 Å². The molecule has 1 rings (SSSR count). The van der Waals surface area contributed by atoms with Crippen molar-refractivity contribution in [2.24, 2.45) is 11.8 Å². The summed E-state index contributed by atoms with van der Waals surface area (Å²) in [5, 5.41) is 2.72. The molecule has 0 spiro atoms. The summed E-state index contributed by atoms with van der Waals surface area (Å²) in [6.07, 6.45) is 0.720. The summed E-state index contributed by atoms with van der Waals surface area (Å²) < 4.78 is 9.78. The largest absolute Gasteiger partial charge is 0.467 e. The van der Waals surface area contributed by atoms with Crippen molar-refractivity contribution in [2.45, 2.75) is 26.3 Å². The van der Waals surface area contributed by atoms with E-state index in [2.05, 4.69) is 10.1 Å². The van der Waals surface area contributed by atoms with Gasteiger partial charge in [0.2, 0.25) is 5.91 Å². The number of hydrogen-bond donors (Lipinski definition) is 1. The second kappa shape index (κ2) is 5.84. The van der Waals surface area contributed by atoms with Crippen LogP contribution in [0, 0.1) is 11.8 Å². The van der Waals surface area contributed by atoms with Gasteiger partial charge in [-0.2, -0.15) is 0 Å². The van der Waals surface area contributed by atoms with Crippen LogP contribution in [0.25, 0.3) is 0 Å². The molecular formula is C11H19NO4. The quantitative estimate of drug-likeness (QED) is 0.706. The van der Waals surface area contributed by atoms with Gasteiger partial charge in [-0.25, -0.2) is 4.79 Å². The van der Waals surface area contributed by atoms with Crippen LogP contribution in [0.4, 0.5) is 0 Å². The van der Waals surface area contributed by atoms with Gasteiger partial charge in [0.05, 0.1) is 19.6 Å². The number of carbonyl (C=O) groups is 2. The highest BCUT2D eigenvalue weighted by molar-refractivity contribution is 5.86. The van der Waals surface area contributed by atoms with Gasteiger partial charge in [-0.05, 0) is 12.3 Å². The Morgan fingerprint density at radius 1 is 1.44 bits per heavy atom. The molecule has 0 unspecified atom stereocenters. The third kappa shape index (κ3) is 3.20. The molecule has 0 saturated carbocycles. The lowest BCUT2D eigenvalue weighted by Gasteiger charge is -2.21. The zero-order valence-electron chi connectivity index (χ0n) is 9.99. The number of rotatable bonds is 4. The summed E-state index contributed by atoms with van der Waals surface area (Å²) in [5.74, 6) is -0.645. The summed E-state index contributed by atoms with van der Waals surface area (Å²) in [4.78, 5) is 23.2. The number of methoxy groups -OCH3 is 1. The zero-order valence-corrected chi connectivity index (χ0v) is 9.99. The lowest BCUT2D eigenvalue weighted by molar-refractivity contribution is -0.146. The molecule has 16 heavy (non-hydrogen) atoms. The van der Waals surface area contributed by atoms with E-state index in [0.29, 0.717) is 13.2 Å². The van der Waals surface area contributed by atoms with Crippen molar-refractivity contribution >= 4 is 11.9 Å². The van der Waals surface area contributed by atoms with Crippen LogP contribution in [0.15, 0.2) is 0 Å². The van der Waals surface area contributed by atoms with E-state index < -0.39 is 12.0 Å². The summed E-state index contributed by atoms with van der Waals surface area (Å²) >= 11 is 0. The molecular weight excluding hydrogens is 210 g/mol. The van der Waals surface area contributed by atoms with Crippen LogP contribution in [-0.4, -0.2) is 38.2 Å². The van der Waals surface area contributed by atoms with Gasteiger partial charge >= 0.3 is 5.97 Å². The Labute approximate surface area is 95.5 Å². The second-order valence-electron chi connectivity index (χ2n) is 4.31. The highest BCUT2D eigenvalue weighted by Gasteiger charge is 2.30. The normalized spacial score (nSPS) is 21.9. The fourth-order valence-electron chi connectivity index (χ4n) is 1.64. The van der Waals surface area contributed by atoms with Gasteiger partial charge < -0.3 is 14.8 Å². The lowest BCUT2D eigenvalue weighted by atomic mass is 10.0. The number of amides is 1. The van der Waals surface area contributed by atoms with Gasteiger partial charge in [0, 0.05) is 6.61 Å². The summed E-state index contributed by atoms with van der Waals surface area (Å²) in [5.41, 5.74) is 0. The van der Waals surface area contributed by atoms with E-state index in [4.69, 9.17) is 4.74 Å². The van der Waals surface area contributed by atoms with E-state index in [0.717, 1.165) is 6.42 Å². The van der Waals surface area contributed by atoms with E-state index in [1.54, 1.807) is 0 Å². The first-order valence-electron chi connectivity index (χ1n) is 5.52. The fraction of sp³-hybridized carbons (Fsp3) is 0.818. The number of ether oxygens (including phenoxy) is 2. The average Bonchev–Trinajstić information content (AvgIpc) is 2.77. The van der Waals surface area contributed by atoms with E-state index >= 15 is 0 Å². The maximum atomic E-state index is 11.8. The van der Waals surface area contributed by atoms with Crippen molar-refractivity contribution in [1.82, 2.24) is 5.32 Å². The van der Waals surface area contributed by atoms with Gasteiger partial charge in [0.25, 0.3) is 0 Å². The van der Waals surface area contributed by atoms with Gasteiger partial charge in [-0.15, -0.1) is 0 Å². The number of hydrogen-bond acceptors (Lipinski definition) is 4. The minimum Gasteiger partial charge on any atom is -0.467 e. The van der Waals surface area contributed by atoms with Gasteiger partial charge in [-0.1, -0.05) is 13.8 Å². The van der Waals surface area contributed by atoms with Gasteiger partial charge in [0.1, 0.15) is 6.04 Å². The fourth-order valence-corrected chi connectivity index (χ4v) is 1.64. The topological polar surface area (TPSA) is 64.6 Å². The minimum atomic E-state index is -0.571. The molecule has 1 saturated heterocycles. The second-order valence-corrected chi connectivity index (χ2v) is 4.31. The molecule has 1 aliphatic rings. The lowest BCUT2D eigenvalue weighted by Crippen LogP contribution is -2.47. The Bertz CT molecular complexity index is 259. The maximum Gasteiger partial charge on any atom is 0.328 e. The Hall–Kier alpha value is -1.10. The van der Waals surface area contributed by atoms with Crippen molar-refractivity contribution in [3.63, 3.8) is 0 Å². The van der Waals surface area contributed by atoms with Gasteiger partial charge in [-0.3, -0.25) is 4.79 Å². The van der Waals surface area contributed by atoms with E-state index in [9.17, 15) is 9.59 Å². The highest BCUT2D eigenvalue weighted by atomic mass is 16.5. The molecule has 0 aromatic carbocycles. The number of nitrogens with one attached hydrogen (secondary N) is 1. The molecule has 0 aliphatic carbocycles. The van der Waals surface area contributed by atoms with Crippen LogP contribution in [0.1, 0.15) is 20.3 Å². The first-order chi connectivity index (χ1) is 7.56. The van der Waals surface area contributed by atoms with Crippen molar-refractivity contribution in [3.05, 3.63) is 0 Å². The van der Waals surface area contributed by atoms with Crippen molar-refractivity contribution in [1.29, 1.82) is 0 Å². The molecule has 1 heterocycles. The van der Waals surface area contributed by atoms with Crippen LogP contribution in [0.3, 0.4) is 0 Å². The third-order valence-corrected chi connectivity index (χ3v) is 2.72. The molecule has 2 atom stereocenters. The molecule has 0 aromatic heterocycles. The summed E-state index contributed by atoms with van der Waals surface area (Å²) in [6.45, 7) is 4.79. The number of esters is 1. The van der Waals surface area contributed by atoms with Crippen LogP contribution in [-0.2, 0) is 19.1 Å². The standard InChI is InChI=1S/C11H19NO4/c1-7(2)9(11(14)15-3)12-10(13)8-4-5-16-6-8/h7-9H,4-6H2,1-3H3,(H,12,13)/t8-,9+/m0/s1. The molecule has 5 nitrogen and oxygen atoms in total. The predicted octanol–water partition coefficient (Wildman–Crippen LogP) is 0.337. The van der Waals surface area contributed by atoms with Crippen LogP contribution in [0.5, 0.6) is 0 Å². The third-order valence-electron chi connectivity index (χ3n) is 2.72. The molecule has 0 aromatic rings. The first kappa shape index (κ1) is 13.0. The molecule has 1 fully saturated rings. The van der Waals surface area contributed by atoms with Crippen LogP contribution in [0.2, 0.25) is 0 Å². The average molecular weight is 229 g/mol. The molecule has 0 bridgehead atoms. The highest BCUT2D eigenvalue weighted by Crippen LogP contribution is 2.13. The monoisotopic (exact) mass is 229 g/mol. The zero-order chi connectivity index (χ0) is 12.1.